The highest BCUT2D eigenvalue weighted by Gasteiger charge is 2.01. The molecule has 0 saturated heterocycles. The molecule has 0 atom stereocenters. The van der Waals surface area contributed by atoms with Gasteiger partial charge in [0.25, 0.3) is 0 Å². The summed E-state index contributed by atoms with van der Waals surface area (Å²) in [5, 5.41) is 0. The van der Waals surface area contributed by atoms with Gasteiger partial charge in [-0.05, 0) is 34.9 Å². The topological polar surface area (TPSA) is 44.5 Å². The average molecular weight is 257 g/mol. The summed E-state index contributed by atoms with van der Waals surface area (Å²) < 4.78 is 10.6. The minimum atomic E-state index is 0.553. The highest BCUT2D eigenvalue weighted by molar-refractivity contribution is 5.65. The Kier molecular flexibility index (Phi) is 4.95. The van der Waals surface area contributed by atoms with E-state index in [2.05, 4.69) is 18.2 Å². The van der Waals surface area contributed by atoms with Crippen LogP contribution in [0, 0.1) is 0 Å². The van der Waals surface area contributed by atoms with Gasteiger partial charge in [-0.1, -0.05) is 30.3 Å². The molecule has 0 bridgehead atoms. The third-order valence-corrected chi connectivity index (χ3v) is 2.89. The lowest BCUT2D eigenvalue weighted by molar-refractivity contribution is 0.146. The van der Waals surface area contributed by atoms with Crippen LogP contribution in [0.3, 0.4) is 0 Å². The van der Waals surface area contributed by atoms with Crippen molar-refractivity contribution in [3.8, 4) is 16.9 Å². The van der Waals surface area contributed by atoms with E-state index in [9.17, 15) is 0 Å². The van der Waals surface area contributed by atoms with Gasteiger partial charge in [0.2, 0.25) is 0 Å². The van der Waals surface area contributed by atoms with Crippen LogP contribution in [0.1, 0.15) is 5.56 Å². The van der Waals surface area contributed by atoms with Crippen LogP contribution in [0.4, 0.5) is 0 Å². The summed E-state index contributed by atoms with van der Waals surface area (Å²) in [5.74, 6) is 0.854. The Labute approximate surface area is 114 Å². The summed E-state index contributed by atoms with van der Waals surface area (Å²) in [6.45, 7) is 1.70. The van der Waals surface area contributed by atoms with E-state index in [1.165, 1.54) is 0 Å². The molecule has 2 rings (SSSR count). The fraction of sp³-hybridized carbons (Fsp3) is 0.250. The van der Waals surface area contributed by atoms with Gasteiger partial charge >= 0.3 is 0 Å². The Morgan fingerprint density at radius 3 is 2.42 bits per heavy atom. The van der Waals surface area contributed by atoms with E-state index in [-0.39, 0.29) is 0 Å². The predicted octanol–water partition coefficient (Wildman–Crippen LogP) is 2.84. The lowest BCUT2D eigenvalue weighted by atomic mass is 10.0. The lowest BCUT2D eigenvalue weighted by Gasteiger charge is -2.08. The fourth-order valence-corrected chi connectivity index (χ4v) is 1.89. The zero-order chi connectivity index (χ0) is 13.5. The summed E-state index contributed by atoms with van der Waals surface area (Å²) in [6, 6.07) is 16.3. The maximum absolute atomic E-state index is 5.67. The molecule has 0 radical (unpaired) electrons. The molecule has 3 nitrogen and oxygen atoms in total. The molecule has 0 heterocycles. The second kappa shape index (κ2) is 6.92. The standard InChI is InChI=1S/C16H19NO2/c1-18-8-9-19-16-7-3-6-15(11-16)14-5-2-4-13(10-14)12-17/h2-7,10-11H,8-9,12,17H2,1H3. The monoisotopic (exact) mass is 257 g/mol. The molecular formula is C16H19NO2. The molecule has 2 N–H and O–H groups in total. The summed E-state index contributed by atoms with van der Waals surface area (Å²) >= 11 is 0. The molecule has 0 aliphatic rings. The van der Waals surface area contributed by atoms with E-state index in [0.29, 0.717) is 19.8 Å². The van der Waals surface area contributed by atoms with Crippen molar-refractivity contribution >= 4 is 0 Å². The largest absolute Gasteiger partial charge is 0.491 e. The molecule has 2 aromatic rings. The minimum absolute atomic E-state index is 0.553. The normalized spacial score (nSPS) is 10.4. The maximum atomic E-state index is 5.67. The number of benzene rings is 2. The van der Waals surface area contributed by atoms with Crippen LogP contribution in [0.15, 0.2) is 48.5 Å². The van der Waals surface area contributed by atoms with Crippen molar-refractivity contribution in [1.82, 2.24) is 0 Å². The molecule has 0 spiro atoms. The first-order valence-electron chi connectivity index (χ1n) is 6.34. The van der Waals surface area contributed by atoms with Crippen LogP contribution in [0.5, 0.6) is 5.75 Å². The van der Waals surface area contributed by atoms with Crippen LogP contribution in [0.2, 0.25) is 0 Å². The maximum Gasteiger partial charge on any atom is 0.120 e. The zero-order valence-electron chi connectivity index (χ0n) is 11.1. The van der Waals surface area contributed by atoms with Crippen molar-refractivity contribution < 1.29 is 9.47 Å². The molecule has 0 unspecified atom stereocenters. The van der Waals surface area contributed by atoms with E-state index in [1.54, 1.807) is 7.11 Å². The molecule has 2 aromatic carbocycles. The fourth-order valence-electron chi connectivity index (χ4n) is 1.89. The van der Waals surface area contributed by atoms with Crippen LogP contribution in [-0.2, 0) is 11.3 Å². The van der Waals surface area contributed by atoms with E-state index in [0.717, 1.165) is 22.4 Å². The van der Waals surface area contributed by atoms with Gasteiger partial charge in [0.1, 0.15) is 12.4 Å². The van der Waals surface area contributed by atoms with Gasteiger partial charge < -0.3 is 15.2 Å². The second-order valence-electron chi connectivity index (χ2n) is 4.27. The summed E-state index contributed by atoms with van der Waals surface area (Å²) in [4.78, 5) is 0. The van der Waals surface area contributed by atoms with E-state index < -0.39 is 0 Å². The number of nitrogens with two attached hydrogens (primary N) is 1. The van der Waals surface area contributed by atoms with Crippen molar-refractivity contribution in [2.45, 2.75) is 6.54 Å². The average Bonchev–Trinajstić information content (AvgIpc) is 2.48. The predicted molar refractivity (Wildman–Crippen MR) is 77.1 cm³/mol. The van der Waals surface area contributed by atoms with Crippen molar-refractivity contribution in [2.75, 3.05) is 20.3 Å². The van der Waals surface area contributed by atoms with Gasteiger partial charge in [-0.3, -0.25) is 0 Å². The molecule has 0 amide bonds. The third kappa shape index (κ3) is 3.81. The summed E-state index contributed by atoms with van der Waals surface area (Å²) in [6.07, 6.45) is 0. The Morgan fingerprint density at radius 2 is 1.68 bits per heavy atom. The molecule has 0 fully saturated rings. The van der Waals surface area contributed by atoms with E-state index >= 15 is 0 Å². The number of hydrogen-bond donors (Lipinski definition) is 1. The molecule has 0 aliphatic heterocycles. The Hall–Kier alpha value is -1.84. The number of ether oxygens (including phenoxy) is 2. The van der Waals surface area contributed by atoms with Crippen molar-refractivity contribution in [3.05, 3.63) is 54.1 Å². The van der Waals surface area contributed by atoms with Crippen LogP contribution in [-0.4, -0.2) is 20.3 Å². The molecule has 100 valence electrons. The van der Waals surface area contributed by atoms with Crippen LogP contribution in [0.25, 0.3) is 11.1 Å². The number of hydrogen-bond acceptors (Lipinski definition) is 3. The Balaban J connectivity index is 2.17. The Morgan fingerprint density at radius 1 is 0.947 bits per heavy atom. The van der Waals surface area contributed by atoms with Crippen molar-refractivity contribution in [1.29, 1.82) is 0 Å². The van der Waals surface area contributed by atoms with Gasteiger partial charge in [-0.15, -0.1) is 0 Å². The third-order valence-electron chi connectivity index (χ3n) is 2.89. The number of rotatable bonds is 6. The van der Waals surface area contributed by atoms with Gasteiger partial charge in [0.15, 0.2) is 0 Å². The highest BCUT2D eigenvalue weighted by Crippen LogP contribution is 2.24. The molecule has 19 heavy (non-hydrogen) atoms. The lowest BCUT2D eigenvalue weighted by Crippen LogP contribution is -2.04. The highest BCUT2D eigenvalue weighted by atomic mass is 16.5. The summed E-state index contributed by atoms with van der Waals surface area (Å²) in [7, 11) is 1.66. The second-order valence-corrected chi connectivity index (χ2v) is 4.27. The van der Waals surface area contributed by atoms with Crippen molar-refractivity contribution in [3.63, 3.8) is 0 Å². The van der Waals surface area contributed by atoms with Gasteiger partial charge in [0, 0.05) is 13.7 Å². The van der Waals surface area contributed by atoms with E-state index in [4.69, 9.17) is 15.2 Å². The van der Waals surface area contributed by atoms with Crippen LogP contribution >= 0.6 is 0 Å². The quantitative estimate of drug-likeness (QED) is 0.809. The summed E-state index contributed by atoms with van der Waals surface area (Å²) in [5.41, 5.74) is 9.08. The van der Waals surface area contributed by atoms with Gasteiger partial charge in [-0.25, -0.2) is 0 Å². The first-order valence-corrected chi connectivity index (χ1v) is 6.34. The van der Waals surface area contributed by atoms with E-state index in [1.807, 2.05) is 30.3 Å². The first-order chi connectivity index (χ1) is 9.33. The van der Waals surface area contributed by atoms with Crippen molar-refractivity contribution in [2.24, 2.45) is 5.73 Å². The first kappa shape index (κ1) is 13.6. The molecule has 0 aliphatic carbocycles. The molecule has 0 aromatic heterocycles. The Bertz CT molecular complexity index is 526. The molecule has 3 heteroatoms. The number of methoxy groups -OCH3 is 1. The molecule has 0 saturated carbocycles. The molecular weight excluding hydrogens is 238 g/mol. The van der Waals surface area contributed by atoms with Crippen LogP contribution < -0.4 is 10.5 Å². The van der Waals surface area contributed by atoms with Gasteiger partial charge in [-0.2, -0.15) is 0 Å². The zero-order valence-corrected chi connectivity index (χ0v) is 11.1. The smallest absolute Gasteiger partial charge is 0.120 e. The SMILES string of the molecule is COCCOc1cccc(-c2cccc(CN)c2)c1. The van der Waals surface area contributed by atoms with Gasteiger partial charge in [0.05, 0.1) is 6.61 Å². The minimum Gasteiger partial charge on any atom is -0.491 e.